The zero-order valence-electron chi connectivity index (χ0n) is 11.5. The van der Waals surface area contributed by atoms with Crippen LogP contribution in [-0.2, 0) is 0 Å². The van der Waals surface area contributed by atoms with E-state index in [0.717, 1.165) is 11.4 Å². The van der Waals surface area contributed by atoms with Crippen molar-refractivity contribution >= 4 is 17.0 Å². The second-order valence-corrected chi connectivity index (χ2v) is 4.98. The molecule has 0 unspecified atom stereocenters. The van der Waals surface area contributed by atoms with E-state index in [1.165, 1.54) is 22.1 Å². The first-order valence-corrected chi connectivity index (χ1v) is 6.03. The Kier molecular flexibility index (Phi) is 4.50. The van der Waals surface area contributed by atoms with Gasteiger partial charge in [0.25, 0.3) is 0 Å². The minimum atomic E-state index is 0.833. The van der Waals surface area contributed by atoms with Crippen LogP contribution in [0.1, 0.15) is 37.5 Å². The van der Waals surface area contributed by atoms with Crippen molar-refractivity contribution in [3.05, 3.63) is 35.5 Å². The van der Waals surface area contributed by atoms with Gasteiger partial charge < -0.3 is 0 Å². The number of fused-ring (bicyclic) bond motifs is 1. The van der Waals surface area contributed by atoms with Crippen LogP contribution < -0.4 is 0 Å². The lowest BCUT2D eigenvalue weighted by atomic mass is 10.00. The molecule has 1 aromatic carbocycles. The second-order valence-electron chi connectivity index (χ2n) is 4.98. The predicted octanol–water partition coefficient (Wildman–Crippen LogP) is 4.49. The van der Waals surface area contributed by atoms with Crippen LogP contribution in [0, 0.1) is 19.8 Å². The van der Waals surface area contributed by atoms with E-state index in [2.05, 4.69) is 57.5 Å². The number of aryl methyl sites for hydroxylation is 1. The Hall–Kier alpha value is -1.57. The van der Waals surface area contributed by atoms with Crippen LogP contribution >= 0.6 is 0 Å². The lowest BCUT2D eigenvalue weighted by Crippen LogP contribution is -1.86. The maximum absolute atomic E-state index is 4.02. The Morgan fingerprint density at radius 3 is 2.35 bits per heavy atom. The summed E-state index contributed by atoms with van der Waals surface area (Å²) in [5, 5.41) is 8.18. The predicted molar refractivity (Wildman–Crippen MR) is 76.2 cm³/mol. The van der Waals surface area contributed by atoms with E-state index in [1.54, 1.807) is 0 Å². The third-order valence-corrected chi connectivity index (χ3v) is 2.59. The molecule has 0 bridgehead atoms. The molecule has 0 aliphatic carbocycles. The number of nitrogens with zero attached hydrogens (tertiary/aromatic N) is 1. The molecule has 1 heterocycles. The third kappa shape index (κ3) is 3.19. The summed E-state index contributed by atoms with van der Waals surface area (Å²) in [6, 6.07) is 2.08. The van der Waals surface area contributed by atoms with Gasteiger partial charge in [0.2, 0.25) is 0 Å². The van der Waals surface area contributed by atoms with Gasteiger partial charge in [0.1, 0.15) is 0 Å². The van der Waals surface area contributed by atoms with E-state index in [1.807, 2.05) is 12.3 Å². The lowest BCUT2D eigenvalue weighted by Gasteiger charge is -2.05. The van der Waals surface area contributed by atoms with Crippen LogP contribution in [0.4, 0.5) is 0 Å². The van der Waals surface area contributed by atoms with E-state index in [0.29, 0.717) is 0 Å². The molecular formula is C15H22N2. The zero-order chi connectivity index (χ0) is 13.0. The van der Waals surface area contributed by atoms with Crippen molar-refractivity contribution in [1.82, 2.24) is 10.2 Å². The minimum absolute atomic E-state index is 0.833. The van der Waals surface area contributed by atoms with E-state index < -0.39 is 0 Å². The molecule has 0 aliphatic rings. The Bertz CT molecular complexity index is 504. The molecule has 1 aromatic heterocycles. The van der Waals surface area contributed by atoms with Gasteiger partial charge in [-0.2, -0.15) is 5.10 Å². The fraction of sp³-hybridized carbons (Fsp3) is 0.400. The molecule has 0 radical (unpaired) electrons. The van der Waals surface area contributed by atoms with Crippen molar-refractivity contribution in [2.75, 3.05) is 0 Å². The first-order chi connectivity index (χ1) is 7.97. The maximum Gasteiger partial charge on any atom is 0.0659 e. The molecule has 17 heavy (non-hydrogen) atoms. The molecule has 92 valence electrons. The molecule has 0 fully saturated rings. The van der Waals surface area contributed by atoms with Crippen molar-refractivity contribution < 1.29 is 0 Å². The summed E-state index contributed by atoms with van der Waals surface area (Å²) in [4.78, 5) is 0. The highest BCUT2D eigenvalue weighted by molar-refractivity contribution is 5.85. The molecule has 0 saturated carbocycles. The smallest absolute Gasteiger partial charge is 0.0659 e. The maximum atomic E-state index is 4.02. The van der Waals surface area contributed by atoms with E-state index in [-0.39, 0.29) is 0 Å². The van der Waals surface area contributed by atoms with E-state index >= 15 is 0 Å². The molecule has 2 heteroatoms. The molecule has 0 spiro atoms. The molecule has 0 amide bonds. The summed E-state index contributed by atoms with van der Waals surface area (Å²) in [5.74, 6) is 0.833. The van der Waals surface area contributed by atoms with Crippen molar-refractivity contribution in [3.8, 4) is 0 Å². The molecule has 1 N–H and O–H groups in total. The number of aromatic nitrogens is 2. The largest absolute Gasteiger partial charge is 0.278 e. The number of aromatic amines is 1. The van der Waals surface area contributed by atoms with Crippen LogP contribution in [-0.4, -0.2) is 10.2 Å². The fourth-order valence-corrected chi connectivity index (χ4v) is 1.60. The van der Waals surface area contributed by atoms with Crippen LogP contribution in [0.5, 0.6) is 0 Å². The SMILES string of the molecule is C=Cc1cc2[nH]ncc2c(C)c1C.CC(C)C. The number of rotatable bonds is 1. The van der Waals surface area contributed by atoms with Crippen molar-refractivity contribution in [1.29, 1.82) is 0 Å². The average Bonchev–Trinajstić information content (AvgIpc) is 2.70. The molecule has 0 saturated heterocycles. The standard InChI is InChI=1S/C11H12N2.C4H10/c1-4-9-5-11-10(6-12-13-11)8(3)7(9)2;1-4(2)3/h4-6H,1H2,2-3H3,(H,12,13);4H,1-3H3. The van der Waals surface area contributed by atoms with Crippen LogP contribution in [0.2, 0.25) is 0 Å². The van der Waals surface area contributed by atoms with Crippen LogP contribution in [0.3, 0.4) is 0 Å². The van der Waals surface area contributed by atoms with E-state index in [4.69, 9.17) is 0 Å². The first kappa shape index (κ1) is 13.5. The molecular weight excluding hydrogens is 208 g/mol. The average molecular weight is 230 g/mol. The third-order valence-electron chi connectivity index (χ3n) is 2.59. The summed E-state index contributed by atoms with van der Waals surface area (Å²) in [6.45, 7) is 14.5. The highest BCUT2D eigenvalue weighted by Gasteiger charge is 2.05. The van der Waals surface area contributed by atoms with Gasteiger partial charge in [-0.25, -0.2) is 0 Å². The summed E-state index contributed by atoms with van der Waals surface area (Å²) >= 11 is 0. The molecule has 0 aliphatic heterocycles. The number of benzene rings is 1. The number of hydrogen-bond donors (Lipinski definition) is 1. The Morgan fingerprint density at radius 1 is 1.24 bits per heavy atom. The molecule has 2 aromatic rings. The monoisotopic (exact) mass is 230 g/mol. The minimum Gasteiger partial charge on any atom is -0.278 e. The number of nitrogens with one attached hydrogen (secondary N) is 1. The molecule has 2 nitrogen and oxygen atoms in total. The molecule has 2 rings (SSSR count). The summed E-state index contributed by atoms with van der Waals surface area (Å²) in [5.41, 5.74) is 4.82. The number of H-pyrrole nitrogens is 1. The van der Waals surface area contributed by atoms with Gasteiger partial charge in [0.15, 0.2) is 0 Å². The van der Waals surface area contributed by atoms with Gasteiger partial charge in [0.05, 0.1) is 11.7 Å². The Balaban J connectivity index is 0.000000317. The fourth-order valence-electron chi connectivity index (χ4n) is 1.60. The van der Waals surface area contributed by atoms with Gasteiger partial charge in [-0.3, -0.25) is 5.10 Å². The van der Waals surface area contributed by atoms with Crippen molar-refractivity contribution in [3.63, 3.8) is 0 Å². The van der Waals surface area contributed by atoms with Gasteiger partial charge in [0, 0.05) is 5.39 Å². The first-order valence-electron chi connectivity index (χ1n) is 6.03. The van der Waals surface area contributed by atoms with Gasteiger partial charge in [-0.05, 0) is 42.5 Å². The van der Waals surface area contributed by atoms with Crippen LogP contribution in [0.25, 0.3) is 17.0 Å². The topological polar surface area (TPSA) is 28.7 Å². The second kappa shape index (κ2) is 5.67. The molecule has 0 atom stereocenters. The van der Waals surface area contributed by atoms with Crippen molar-refractivity contribution in [2.24, 2.45) is 5.92 Å². The highest BCUT2D eigenvalue weighted by atomic mass is 15.1. The van der Waals surface area contributed by atoms with Crippen molar-refractivity contribution in [2.45, 2.75) is 34.6 Å². The highest BCUT2D eigenvalue weighted by Crippen LogP contribution is 2.23. The summed E-state index contributed by atoms with van der Waals surface area (Å²) < 4.78 is 0. The van der Waals surface area contributed by atoms with Gasteiger partial charge in [-0.1, -0.05) is 33.4 Å². The van der Waals surface area contributed by atoms with E-state index in [9.17, 15) is 0 Å². The Labute approximate surface area is 104 Å². The normalized spacial score (nSPS) is 10.2. The van der Waals surface area contributed by atoms with Crippen LogP contribution in [0.15, 0.2) is 18.8 Å². The van der Waals surface area contributed by atoms with Gasteiger partial charge >= 0.3 is 0 Å². The quantitative estimate of drug-likeness (QED) is 0.768. The summed E-state index contributed by atoms with van der Waals surface area (Å²) in [6.07, 6.45) is 3.74. The lowest BCUT2D eigenvalue weighted by molar-refractivity contribution is 0.737. The summed E-state index contributed by atoms with van der Waals surface area (Å²) in [7, 11) is 0. The van der Waals surface area contributed by atoms with Gasteiger partial charge in [-0.15, -0.1) is 0 Å². The number of hydrogen-bond acceptors (Lipinski definition) is 1. The Morgan fingerprint density at radius 2 is 1.82 bits per heavy atom. The zero-order valence-corrected chi connectivity index (χ0v) is 11.5.